The summed E-state index contributed by atoms with van der Waals surface area (Å²) in [7, 11) is 3.78. The molecule has 1 rings (SSSR count). The standard InChI is InChI=1S/C13H24N4O4/c1-16-5-3-10(4-6-16)9-17(2)13(21)15-7-11(18)14-8-12(19)20/h10H,3-9H2,1-2H3,(H,14,18)(H,15,21)(H,19,20). The molecule has 0 radical (unpaired) electrons. The van der Waals surface area contributed by atoms with E-state index in [1.807, 2.05) is 0 Å². The molecule has 1 aliphatic rings. The largest absolute Gasteiger partial charge is 0.480 e. The normalized spacial score (nSPS) is 16.3. The maximum Gasteiger partial charge on any atom is 0.322 e. The van der Waals surface area contributed by atoms with E-state index in [9.17, 15) is 14.4 Å². The summed E-state index contributed by atoms with van der Waals surface area (Å²) in [4.78, 5) is 37.2. The van der Waals surface area contributed by atoms with Gasteiger partial charge in [-0.2, -0.15) is 0 Å². The summed E-state index contributed by atoms with van der Waals surface area (Å²) in [6.45, 7) is 2.08. The number of nitrogens with one attached hydrogen (secondary N) is 2. The molecule has 1 saturated heterocycles. The molecule has 120 valence electrons. The number of rotatable bonds is 6. The molecule has 1 heterocycles. The molecule has 3 amide bonds. The zero-order chi connectivity index (χ0) is 15.8. The predicted molar refractivity (Wildman–Crippen MR) is 76.9 cm³/mol. The third-order valence-electron chi connectivity index (χ3n) is 3.55. The second-order valence-corrected chi connectivity index (χ2v) is 5.46. The van der Waals surface area contributed by atoms with Crippen molar-refractivity contribution in [1.82, 2.24) is 20.4 Å². The van der Waals surface area contributed by atoms with Crippen LogP contribution < -0.4 is 10.6 Å². The number of hydrogen-bond donors (Lipinski definition) is 3. The summed E-state index contributed by atoms with van der Waals surface area (Å²) in [6.07, 6.45) is 2.13. The fourth-order valence-corrected chi connectivity index (χ4v) is 2.24. The zero-order valence-corrected chi connectivity index (χ0v) is 12.6. The Hall–Kier alpha value is -1.83. The smallest absolute Gasteiger partial charge is 0.322 e. The molecule has 0 aromatic rings. The van der Waals surface area contributed by atoms with Crippen LogP contribution in [0.5, 0.6) is 0 Å². The first-order valence-electron chi connectivity index (χ1n) is 7.04. The molecule has 0 saturated carbocycles. The lowest BCUT2D eigenvalue weighted by Gasteiger charge is -2.31. The highest BCUT2D eigenvalue weighted by Crippen LogP contribution is 2.16. The van der Waals surface area contributed by atoms with Gasteiger partial charge < -0.3 is 25.5 Å². The molecule has 0 atom stereocenters. The summed E-state index contributed by atoms with van der Waals surface area (Å²) < 4.78 is 0. The van der Waals surface area contributed by atoms with E-state index < -0.39 is 18.4 Å². The Morgan fingerprint density at radius 3 is 2.38 bits per heavy atom. The number of urea groups is 1. The summed E-state index contributed by atoms with van der Waals surface area (Å²) >= 11 is 0. The Bertz CT molecular complexity index is 380. The van der Waals surface area contributed by atoms with Crippen LogP contribution in [0.2, 0.25) is 0 Å². The number of nitrogens with zero attached hydrogens (tertiary/aromatic N) is 2. The lowest BCUT2D eigenvalue weighted by Crippen LogP contribution is -2.46. The van der Waals surface area contributed by atoms with Gasteiger partial charge in [-0.1, -0.05) is 0 Å². The molecule has 0 unspecified atom stereocenters. The first kappa shape index (κ1) is 17.2. The fraction of sp³-hybridized carbons (Fsp3) is 0.769. The Labute approximate surface area is 124 Å². The number of aliphatic carboxylic acids is 1. The van der Waals surface area contributed by atoms with Crippen molar-refractivity contribution in [1.29, 1.82) is 0 Å². The van der Waals surface area contributed by atoms with E-state index in [4.69, 9.17) is 5.11 Å². The van der Waals surface area contributed by atoms with Gasteiger partial charge in [0.2, 0.25) is 5.91 Å². The van der Waals surface area contributed by atoms with Crippen LogP contribution in [0.15, 0.2) is 0 Å². The SMILES string of the molecule is CN1CCC(CN(C)C(=O)NCC(=O)NCC(=O)O)CC1. The monoisotopic (exact) mass is 300 g/mol. The molecule has 0 bridgehead atoms. The van der Waals surface area contributed by atoms with E-state index in [2.05, 4.69) is 22.6 Å². The van der Waals surface area contributed by atoms with Crippen LogP contribution >= 0.6 is 0 Å². The minimum absolute atomic E-state index is 0.218. The molecule has 0 aromatic heterocycles. The maximum atomic E-state index is 11.8. The summed E-state index contributed by atoms with van der Waals surface area (Å²) in [6, 6.07) is -0.320. The van der Waals surface area contributed by atoms with Crippen LogP contribution in [0.3, 0.4) is 0 Å². The van der Waals surface area contributed by atoms with Crippen LogP contribution in [0.4, 0.5) is 4.79 Å². The Morgan fingerprint density at radius 2 is 1.81 bits per heavy atom. The fourth-order valence-electron chi connectivity index (χ4n) is 2.24. The first-order valence-corrected chi connectivity index (χ1v) is 7.04. The number of carbonyl (C=O) groups excluding carboxylic acids is 2. The summed E-state index contributed by atoms with van der Waals surface area (Å²) in [5, 5.41) is 13.1. The van der Waals surface area contributed by atoms with E-state index in [1.54, 1.807) is 11.9 Å². The molecule has 1 fully saturated rings. The van der Waals surface area contributed by atoms with Crippen molar-refractivity contribution in [2.75, 3.05) is 46.8 Å². The number of likely N-dealkylation sites (tertiary alicyclic amines) is 1. The lowest BCUT2D eigenvalue weighted by atomic mass is 9.97. The number of carboxylic acid groups (broad SMARTS) is 1. The van der Waals surface area contributed by atoms with Gasteiger partial charge in [-0.25, -0.2) is 4.79 Å². The van der Waals surface area contributed by atoms with Crippen molar-refractivity contribution in [2.45, 2.75) is 12.8 Å². The molecule has 0 spiro atoms. The Kier molecular flexibility index (Phi) is 6.93. The molecule has 0 aromatic carbocycles. The van der Waals surface area contributed by atoms with E-state index in [-0.39, 0.29) is 12.6 Å². The first-order chi connectivity index (χ1) is 9.88. The number of hydrogen-bond acceptors (Lipinski definition) is 4. The van der Waals surface area contributed by atoms with Gasteiger partial charge in [-0.3, -0.25) is 9.59 Å². The molecule has 8 heteroatoms. The van der Waals surface area contributed by atoms with Crippen LogP contribution in [-0.2, 0) is 9.59 Å². The van der Waals surface area contributed by atoms with Crippen molar-refractivity contribution in [3.05, 3.63) is 0 Å². The highest BCUT2D eigenvalue weighted by atomic mass is 16.4. The maximum absolute atomic E-state index is 11.8. The second-order valence-electron chi connectivity index (χ2n) is 5.46. The highest BCUT2D eigenvalue weighted by molar-refractivity contribution is 5.86. The van der Waals surface area contributed by atoms with Gasteiger partial charge >= 0.3 is 12.0 Å². The Balaban J connectivity index is 2.21. The van der Waals surface area contributed by atoms with Crippen molar-refractivity contribution < 1.29 is 19.5 Å². The summed E-state index contributed by atoms with van der Waals surface area (Å²) in [5.74, 6) is -1.15. The van der Waals surface area contributed by atoms with Crippen LogP contribution in [-0.4, -0.2) is 79.6 Å². The molecule has 0 aliphatic carbocycles. The summed E-state index contributed by atoms with van der Waals surface area (Å²) in [5.41, 5.74) is 0. The molecule has 21 heavy (non-hydrogen) atoms. The molecule has 8 nitrogen and oxygen atoms in total. The van der Waals surface area contributed by atoms with Gasteiger partial charge in [-0.15, -0.1) is 0 Å². The number of piperidine rings is 1. The topological polar surface area (TPSA) is 102 Å². The van der Waals surface area contributed by atoms with Gasteiger partial charge in [0.15, 0.2) is 0 Å². The quantitative estimate of drug-likeness (QED) is 0.594. The van der Waals surface area contributed by atoms with Gasteiger partial charge in [0.05, 0.1) is 6.54 Å². The Morgan fingerprint density at radius 1 is 1.19 bits per heavy atom. The lowest BCUT2D eigenvalue weighted by molar-refractivity contribution is -0.137. The van der Waals surface area contributed by atoms with Crippen LogP contribution in [0.25, 0.3) is 0 Å². The molecule has 1 aliphatic heterocycles. The molecular weight excluding hydrogens is 276 g/mol. The van der Waals surface area contributed by atoms with Crippen molar-refractivity contribution in [2.24, 2.45) is 5.92 Å². The van der Waals surface area contributed by atoms with Gasteiger partial charge in [0.25, 0.3) is 0 Å². The van der Waals surface area contributed by atoms with E-state index in [0.29, 0.717) is 12.5 Å². The highest BCUT2D eigenvalue weighted by Gasteiger charge is 2.20. The number of carbonyl (C=O) groups is 3. The van der Waals surface area contributed by atoms with Gasteiger partial charge in [0, 0.05) is 13.6 Å². The van der Waals surface area contributed by atoms with E-state index in [1.165, 1.54) is 0 Å². The molecular formula is C13H24N4O4. The average molecular weight is 300 g/mol. The van der Waals surface area contributed by atoms with Crippen LogP contribution in [0, 0.1) is 5.92 Å². The van der Waals surface area contributed by atoms with Gasteiger partial charge in [-0.05, 0) is 38.9 Å². The second kappa shape index (κ2) is 8.46. The van der Waals surface area contributed by atoms with Crippen molar-refractivity contribution in [3.63, 3.8) is 0 Å². The number of carboxylic acids is 1. The van der Waals surface area contributed by atoms with Crippen molar-refractivity contribution in [3.8, 4) is 0 Å². The van der Waals surface area contributed by atoms with Gasteiger partial charge in [0.1, 0.15) is 6.54 Å². The van der Waals surface area contributed by atoms with Crippen LogP contribution in [0.1, 0.15) is 12.8 Å². The van der Waals surface area contributed by atoms with E-state index >= 15 is 0 Å². The predicted octanol–water partition coefficient (Wildman–Crippen LogP) is -0.830. The third kappa shape index (κ3) is 6.94. The minimum Gasteiger partial charge on any atom is -0.480 e. The third-order valence-corrected chi connectivity index (χ3v) is 3.55. The van der Waals surface area contributed by atoms with E-state index in [0.717, 1.165) is 25.9 Å². The zero-order valence-electron chi connectivity index (χ0n) is 12.6. The minimum atomic E-state index is -1.12. The molecule has 3 N–H and O–H groups in total. The van der Waals surface area contributed by atoms with Crippen molar-refractivity contribution >= 4 is 17.9 Å². The average Bonchev–Trinajstić information content (AvgIpc) is 2.44. The number of amides is 3.